The van der Waals surface area contributed by atoms with Crippen LogP contribution >= 0.6 is 15.9 Å². The molecule has 1 aromatic carbocycles. The molecule has 0 aliphatic carbocycles. The SMILES string of the molecule is COc1ccc(C(=O)N2CCCN(Cc3c(C)noc3C)CC2)cc1Br. The lowest BCUT2D eigenvalue weighted by Crippen LogP contribution is -2.35. The van der Waals surface area contributed by atoms with E-state index in [0.717, 1.165) is 59.8 Å². The minimum Gasteiger partial charge on any atom is -0.496 e. The largest absolute Gasteiger partial charge is 0.496 e. The number of amides is 1. The zero-order valence-electron chi connectivity index (χ0n) is 15.4. The van der Waals surface area contributed by atoms with Crippen molar-refractivity contribution in [2.75, 3.05) is 33.3 Å². The number of benzene rings is 1. The van der Waals surface area contributed by atoms with Crippen molar-refractivity contribution in [3.05, 3.63) is 45.3 Å². The van der Waals surface area contributed by atoms with E-state index in [0.29, 0.717) is 12.1 Å². The average molecular weight is 422 g/mol. The number of ether oxygens (including phenoxy) is 1. The van der Waals surface area contributed by atoms with Gasteiger partial charge >= 0.3 is 0 Å². The Morgan fingerprint density at radius 3 is 2.73 bits per heavy atom. The van der Waals surface area contributed by atoms with Crippen LogP contribution in [0.25, 0.3) is 0 Å². The van der Waals surface area contributed by atoms with Crippen molar-refractivity contribution in [2.24, 2.45) is 0 Å². The highest BCUT2D eigenvalue weighted by Crippen LogP contribution is 2.26. The van der Waals surface area contributed by atoms with Crippen molar-refractivity contribution in [3.63, 3.8) is 0 Å². The summed E-state index contributed by atoms with van der Waals surface area (Å²) in [6.45, 7) is 8.02. The Morgan fingerprint density at radius 2 is 2.08 bits per heavy atom. The van der Waals surface area contributed by atoms with Gasteiger partial charge in [-0.2, -0.15) is 0 Å². The summed E-state index contributed by atoms with van der Waals surface area (Å²) < 4.78 is 11.3. The molecule has 3 rings (SSSR count). The molecular weight excluding hydrogens is 398 g/mol. The Morgan fingerprint density at radius 1 is 1.27 bits per heavy atom. The zero-order valence-corrected chi connectivity index (χ0v) is 17.0. The predicted molar refractivity (Wildman–Crippen MR) is 102 cm³/mol. The summed E-state index contributed by atoms with van der Waals surface area (Å²) in [6, 6.07) is 5.46. The predicted octanol–water partition coefficient (Wildman–Crippen LogP) is 3.41. The lowest BCUT2D eigenvalue weighted by molar-refractivity contribution is 0.0761. The minimum atomic E-state index is 0.0625. The third kappa shape index (κ3) is 4.10. The summed E-state index contributed by atoms with van der Waals surface area (Å²) in [7, 11) is 1.62. The lowest BCUT2D eigenvalue weighted by Gasteiger charge is -2.22. The highest BCUT2D eigenvalue weighted by Gasteiger charge is 2.22. The third-order valence-corrected chi connectivity index (χ3v) is 5.46. The zero-order chi connectivity index (χ0) is 18.7. The number of carbonyl (C=O) groups excluding carboxylic acids is 1. The van der Waals surface area contributed by atoms with Crippen molar-refractivity contribution < 1.29 is 14.1 Å². The molecule has 0 radical (unpaired) electrons. The first-order valence-corrected chi connectivity index (χ1v) is 9.56. The van der Waals surface area contributed by atoms with Crippen molar-refractivity contribution in [2.45, 2.75) is 26.8 Å². The van der Waals surface area contributed by atoms with Crippen LogP contribution in [-0.4, -0.2) is 54.2 Å². The number of methoxy groups -OCH3 is 1. The van der Waals surface area contributed by atoms with Gasteiger partial charge < -0.3 is 14.2 Å². The highest BCUT2D eigenvalue weighted by molar-refractivity contribution is 9.10. The van der Waals surface area contributed by atoms with Crippen molar-refractivity contribution >= 4 is 21.8 Å². The van der Waals surface area contributed by atoms with Crippen LogP contribution in [0.2, 0.25) is 0 Å². The van der Waals surface area contributed by atoms with E-state index in [1.54, 1.807) is 7.11 Å². The van der Waals surface area contributed by atoms with Gasteiger partial charge in [-0.15, -0.1) is 0 Å². The fourth-order valence-electron chi connectivity index (χ4n) is 3.27. The van der Waals surface area contributed by atoms with Gasteiger partial charge in [0.2, 0.25) is 0 Å². The number of hydrogen-bond acceptors (Lipinski definition) is 5. The maximum Gasteiger partial charge on any atom is 0.253 e. The molecule has 0 atom stereocenters. The molecule has 0 bridgehead atoms. The van der Waals surface area contributed by atoms with E-state index in [9.17, 15) is 4.79 Å². The van der Waals surface area contributed by atoms with E-state index < -0.39 is 0 Å². The fourth-order valence-corrected chi connectivity index (χ4v) is 3.81. The van der Waals surface area contributed by atoms with Crippen LogP contribution in [0.4, 0.5) is 0 Å². The molecule has 1 amide bonds. The molecule has 1 aliphatic heterocycles. The van der Waals surface area contributed by atoms with Crippen LogP contribution in [0.5, 0.6) is 5.75 Å². The molecule has 1 fully saturated rings. The number of aryl methyl sites for hydroxylation is 2. The third-order valence-electron chi connectivity index (χ3n) is 4.84. The van der Waals surface area contributed by atoms with Crippen LogP contribution in [0.15, 0.2) is 27.2 Å². The van der Waals surface area contributed by atoms with Crippen LogP contribution in [0.3, 0.4) is 0 Å². The summed E-state index contributed by atoms with van der Waals surface area (Å²) in [5.74, 6) is 1.67. The fraction of sp³-hybridized carbons (Fsp3) is 0.474. The van der Waals surface area contributed by atoms with Gasteiger partial charge in [0.05, 0.1) is 17.3 Å². The van der Waals surface area contributed by atoms with Crippen LogP contribution in [-0.2, 0) is 6.54 Å². The summed E-state index contributed by atoms with van der Waals surface area (Å²) in [5, 5.41) is 4.03. The van der Waals surface area contributed by atoms with Gasteiger partial charge in [-0.25, -0.2) is 0 Å². The van der Waals surface area contributed by atoms with Gasteiger partial charge in [-0.05, 0) is 54.4 Å². The van der Waals surface area contributed by atoms with Crippen molar-refractivity contribution in [3.8, 4) is 5.75 Å². The van der Waals surface area contributed by atoms with E-state index in [-0.39, 0.29) is 5.91 Å². The van der Waals surface area contributed by atoms with Gasteiger partial charge in [0.1, 0.15) is 11.5 Å². The van der Waals surface area contributed by atoms with Crippen LogP contribution in [0.1, 0.15) is 33.8 Å². The first-order valence-electron chi connectivity index (χ1n) is 8.76. The van der Waals surface area contributed by atoms with Gasteiger partial charge in [-0.3, -0.25) is 9.69 Å². The molecule has 6 nitrogen and oxygen atoms in total. The Bertz CT molecular complexity index is 771. The van der Waals surface area contributed by atoms with Crippen LogP contribution < -0.4 is 4.74 Å². The molecule has 2 heterocycles. The molecule has 2 aromatic rings. The van der Waals surface area contributed by atoms with E-state index in [1.165, 1.54) is 0 Å². The van der Waals surface area contributed by atoms with Crippen molar-refractivity contribution in [1.82, 2.24) is 15.0 Å². The smallest absolute Gasteiger partial charge is 0.253 e. The molecule has 0 N–H and O–H groups in total. The number of aromatic nitrogens is 1. The highest BCUT2D eigenvalue weighted by atomic mass is 79.9. The number of hydrogen-bond donors (Lipinski definition) is 0. The van der Waals surface area contributed by atoms with E-state index in [4.69, 9.17) is 9.26 Å². The second kappa shape index (κ2) is 8.22. The molecule has 26 heavy (non-hydrogen) atoms. The molecule has 0 spiro atoms. The van der Waals surface area contributed by atoms with Gasteiger partial charge in [-0.1, -0.05) is 5.16 Å². The number of nitrogens with zero attached hydrogens (tertiary/aromatic N) is 3. The topological polar surface area (TPSA) is 58.8 Å². The molecule has 140 valence electrons. The number of rotatable bonds is 4. The van der Waals surface area contributed by atoms with E-state index in [1.807, 2.05) is 36.9 Å². The standard InChI is InChI=1S/C19H24BrN3O3/c1-13-16(14(2)26-21-13)12-22-7-4-8-23(10-9-22)19(24)15-5-6-18(25-3)17(20)11-15/h5-6,11H,4,7-10,12H2,1-3H3. The summed E-state index contributed by atoms with van der Waals surface area (Å²) in [6.07, 6.45) is 0.951. The van der Waals surface area contributed by atoms with Gasteiger partial charge in [0.15, 0.2) is 0 Å². The molecule has 1 saturated heterocycles. The second-order valence-corrected chi connectivity index (χ2v) is 7.43. The average Bonchev–Trinajstić information content (AvgIpc) is 2.83. The summed E-state index contributed by atoms with van der Waals surface area (Å²) in [5.41, 5.74) is 2.78. The molecule has 7 heteroatoms. The molecule has 1 aliphatic rings. The quantitative estimate of drug-likeness (QED) is 0.756. The second-order valence-electron chi connectivity index (χ2n) is 6.57. The summed E-state index contributed by atoms with van der Waals surface area (Å²) in [4.78, 5) is 17.2. The molecule has 0 unspecified atom stereocenters. The van der Waals surface area contributed by atoms with E-state index in [2.05, 4.69) is 26.0 Å². The van der Waals surface area contributed by atoms with Crippen molar-refractivity contribution in [1.29, 1.82) is 0 Å². The first-order chi connectivity index (χ1) is 12.5. The first kappa shape index (κ1) is 18.9. The van der Waals surface area contributed by atoms with Gasteiger partial charge in [0.25, 0.3) is 5.91 Å². The molecule has 1 aromatic heterocycles. The molecule has 0 saturated carbocycles. The Hall–Kier alpha value is -1.86. The minimum absolute atomic E-state index is 0.0625. The lowest BCUT2D eigenvalue weighted by atomic mass is 10.2. The molecular formula is C19H24BrN3O3. The van der Waals surface area contributed by atoms with Crippen LogP contribution in [0, 0.1) is 13.8 Å². The normalized spacial score (nSPS) is 15.8. The Labute approximate surface area is 162 Å². The monoisotopic (exact) mass is 421 g/mol. The van der Waals surface area contributed by atoms with E-state index >= 15 is 0 Å². The Balaban J connectivity index is 1.64. The van der Waals surface area contributed by atoms with Gasteiger partial charge in [0, 0.05) is 43.9 Å². The Kier molecular flexibility index (Phi) is 5.98. The maximum atomic E-state index is 12.9. The summed E-state index contributed by atoms with van der Waals surface area (Å²) >= 11 is 3.45. The number of halogens is 1. The maximum absolute atomic E-state index is 12.9. The number of carbonyl (C=O) groups is 1.